The molecular weight excluding hydrogens is 612 g/mol. The van der Waals surface area contributed by atoms with E-state index in [0.717, 1.165) is 39.3 Å². The van der Waals surface area contributed by atoms with E-state index in [-0.39, 0.29) is 18.4 Å². The molecule has 49 heavy (non-hydrogen) atoms. The van der Waals surface area contributed by atoms with Gasteiger partial charge in [-0.2, -0.15) is 0 Å². The normalized spacial score (nSPS) is 15.9. The number of aromatic nitrogens is 2. The van der Waals surface area contributed by atoms with Gasteiger partial charge in [0.1, 0.15) is 6.04 Å². The zero-order valence-corrected chi connectivity index (χ0v) is 29.3. The van der Waals surface area contributed by atoms with Gasteiger partial charge in [-0.25, -0.2) is 4.79 Å². The molecule has 1 aliphatic heterocycles. The maximum absolute atomic E-state index is 14.2. The first-order valence-corrected chi connectivity index (χ1v) is 17.2. The number of hydrogen-bond acceptors (Lipinski definition) is 6. The van der Waals surface area contributed by atoms with Crippen molar-refractivity contribution in [2.24, 2.45) is 11.1 Å². The summed E-state index contributed by atoms with van der Waals surface area (Å²) in [6.45, 7) is 11.2. The van der Waals surface area contributed by atoms with Crippen molar-refractivity contribution in [2.45, 2.75) is 84.7 Å². The van der Waals surface area contributed by atoms with Gasteiger partial charge in [-0.1, -0.05) is 87.5 Å². The van der Waals surface area contributed by atoms with Gasteiger partial charge in [-0.3, -0.25) is 14.8 Å². The second kappa shape index (κ2) is 15.7. The van der Waals surface area contributed by atoms with Crippen molar-refractivity contribution in [3.63, 3.8) is 0 Å². The summed E-state index contributed by atoms with van der Waals surface area (Å²) in [6, 6.07) is 26.1. The summed E-state index contributed by atoms with van der Waals surface area (Å²) in [4.78, 5) is 40.3. The van der Waals surface area contributed by atoms with Crippen molar-refractivity contribution in [3.05, 3.63) is 119 Å². The van der Waals surface area contributed by atoms with Crippen LogP contribution in [0, 0.1) is 19.3 Å². The number of amides is 3. The van der Waals surface area contributed by atoms with Gasteiger partial charge in [0.15, 0.2) is 0 Å². The van der Waals surface area contributed by atoms with E-state index in [4.69, 9.17) is 5.73 Å². The first kappa shape index (κ1) is 35.7. The van der Waals surface area contributed by atoms with E-state index in [1.54, 1.807) is 9.80 Å². The van der Waals surface area contributed by atoms with Gasteiger partial charge in [-0.05, 0) is 73.4 Å². The highest BCUT2D eigenvalue weighted by molar-refractivity contribution is 5.89. The topological polar surface area (TPSA) is 125 Å². The molecule has 4 N–H and O–H groups in total. The first-order valence-electron chi connectivity index (χ1n) is 17.2. The summed E-state index contributed by atoms with van der Waals surface area (Å²) in [5, 5.41) is 14.6. The van der Waals surface area contributed by atoms with Crippen LogP contribution in [0.5, 0.6) is 0 Å². The Labute approximate surface area is 290 Å². The molecule has 5 rings (SSSR count). The standard InChI is InChI=1S/C40H50N6O3/c1-27-14-17-32(25-42-27)31-18-15-30(16-19-31)23-35(41)36(47)24-34(22-29-11-7-6-8-12-29)44-38(48)37(40(3,4)5)46-21-20-45(39(46)49)26-33-13-9-10-28(2)43-33/h6-19,25,34-37,47H,20-24,26,41H2,1-5H3,(H,44,48)/t34-,35-,36-,37?/m0/s1. The van der Waals surface area contributed by atoms with Crippen LogP contribution >= 0.6 is 0 Å². The van der Waals surface area contributed by atoms with Gasteiger partial charge in [0.25, 0.3) is 0 Å². The van der Waals surface area contributed by atoms with Crippen LogP contribution in [-0.4, -0.2) is 74.1 Å². The van der Waals surface area contributed by atoms with Gasteiger partial charge < -0.3 is 26.0 Å². The second-order valence-electron chi connectivity index (χ2n) is 14.4. The zero-order chi connectivity index (χ0) is 35.1. The van der Waals surface area contributed by atoms with Crippen molar-refractivity contribution in [1.82, 2.24) is 25.1 Å². The summed E-state index contributed by atoms with van der Waals surface area (Å²) in [7, 11) is 0. The van der Waals surface area contributed by atoms with Crippen LogP contribution < -0.4 is 11.1 Å². The first-order chi connectivity index (χ1) is 23.4. The van der Waals surface area contributed by atoms with Crippen LogP contribution in [0.2, 0.25) is 0 Å². The fourth-order valence-electron chi connectivity index (χ4n) is 6.59. The molecule has 4 aromatic rings. The SMILES string of the molecule is Cc1ccc(-c2ccc(C[C@H](N)[C@@H](O)C[C@H](Cc3ccccc3)NC(=O)C(N3CCN(Cc4cccc(C)n4)C3=O)C(C)(C)C)cc2)cn1. The molecule has 1 unspecified atom stereocenters. The highest BCUT2D eigenvalue weighted by Crippen LogP contribution is 2.29. The van der Waals surface area contributed by atoms with Gasteiger partial charge in [-0.15, -0.1) is 0 Å². The smallest absolute Gasteiger partial charge is 0.321 e. The van der Waals surface area contributed by atoms with Crippen LogP contribution in [0.3, 0.4) is 0 Å². The molecule has 1 fully saturated rings. The third-order valence-corrected chi connectivity index (χ3v) is 9.17. The van der Waals surface area contributed by atoms with Crippen molar-refractivity contribution in [2.75, 3.05) is 13.1 Å². The maximum atomic E-state index is 14.2. The van der Waals surface area contributed by atoms with Crippen molar-refractivity contribution < 1.29 is 14.7 Å². The van der Waals surface area contributed by atoms with E-state index >= 15 is 0 Å². The summed E-state index contributed by atoms with van der Waals surface area (Å²) in [6.07, 6.45) is 2.27. The van der Waals surface area contributed by atoms with Crippen molar-refractivity contribution in [1.29, 1.82) is 0 Å². The van der Waals surface area contributed by atoms with E-state index in [9.17, 15) is 14.7 Å². The highest BCUT2D eigenvalue weighted by Gasteiger charge is 2.44. The van der Waals surface area contributed by atoms with Gasteiger partial charge >= 0.3 is 6.03 Å². The molecule has 2 aromatic heterocycles. The zero-order valence-electron chi connectivity index (χ0n) is 29.3. The van der Waals surface area contributed by atoms with Crippen LogP contribution in [-0.2, 0) is 24.2 Å². The number of aliphatic hydroxyl groups is 1. The molecular formula is C40H50N6O3. The lowest BCUT2D eigenvalue weighted by atomic mass is 9.84. The Balaban J connectivity index is 1.27. The molecule has 3 amide bonds. The number of nitrogens with one attached hydrogen (secondary N) is 1. The quantitative estimate of drug-likeness (QED) is 0.175. The Morgan fingerprint density at radius 1 is 0.878 bits per heavy atom. The monoisotopic (exact) mass is 662 g/mol. The number of nitrogens with two attached hydrogens (primary N) is 1. The van der Waals surface area contributed by atoms with Crippen LogP contribution in [0.15, 0.2) is 91.1 Å². The number of benzene rings is 2. The summed E-state index contributed by atoms with van der Waals surface area (Å²) >= 11 is 0. The lowest BCUT2D eigenvalue weighted by Gasteiger charge is -2.37. The van der Waals surface area contributed by atoms with Crippen LogP contribution in [0.25, 0.3) is 11.1 Å². The molecule has 1 saturated heterocycles. The predicted molar refractivity (Wildman–Crippen MR) is 194 cm³/mol. The van der Waals surface area contributed by atoms with Gasteiger partial charge in [0, 0.05) is 48.3 Å². The third-order valence-electron chi connectivity index (χ3n) is 9.17. The van der Waals surface area contributed by atoms with E-state index in [2.05, 4.69) is 21.4 Å². The molecule has 0 aliphatic carbocycles. The lowest BCUT2D eigenvalue weighted by molar-refractivity contribution is -0.129. The Morgan fingerprint density at radius 3 is 2.22 bits per heavy atom. The number of urea groups is 1. The van der Waals surface area contributed by atoms with Gasteiger partial charge in [0.05, 0.1) is 18.3 Å². The van der Waals surface area contributed by atoms with Crippen LogP contribution in [0.1, 0.15) is 55.4 Å². The summed E-state index contributed by atoms with van der Waals surface area (Å²) in [5.74, 6) is -0.237. The Kier molecular flexibility index (Phi) is 11.5. The van der Waals surface area contributed by atoms with E-state index < -0.39 is 29.6 Å². The van der Waals surface area contributed by atoms with E-state index in [1.807, 2.05) is 120 Å². The molecule has 0 bridgehead atoms. The molecule has 4 atom stereocenters. The molecule has 1 aliphatic rings. The highest BCUT2D eigenvalue weighted by atomic mass is 16.3. The fraction of sp³-hybridized carbons (Fsp3) is 0.400. The van der Waals surface area contributed by atoms with Crippen LogP contribution in [0.4, 0.5) is 4.79 Å². The van der Waals surface area contributed by atoms with Crippen molar-refractivity contribution >= 4 is 11.9 Å². The molecule has 9 heteroatoms. The predicted octanol–water partition coefficient (Wildman–Crippen LogP) is 5.46. The second-order valence-corrected chi connectivity index (χ2v) is 14.4. The van der Waals surface area contributed by atoms with E-state index in [0.29, 0.717) is 32.5 Å². The average molecular weight is 663 g/mol. The minimum Gasteiger partial charge on any atom is -0.391 e. The Hall–Kier alpha value is -4.60. The summed E-state index contributed by atoms with van der Waals surface area (Å²) in [5.41, 5.74) is 12.9. The maximum Gasteiger partial charge on any atom is 0.321 e. The molecule has 3 heterocycles. The Bertz CT molecular complexity index is 1690. The molecule has 0 radical (unpaired) electrons. The lowest BCUT2D eigenvalue weighted by Crippen LogP contribution is -2.57. The third kappa shape index (κ3) is 9.52. The largest absolute Gasteiger partial charge is 0.391 e. The number of pyridine rings is 2. The molecule has 2 aromatic carbocycles. The number of hydrogen-bond donors (Lipinski definition) is 3. The minimum atomic E-state index is -0.867. The Morgan fingerprint density at radius 2 is 1.57 bits per heavy atom. The minimum absolute atomic E-state index is 0.176. The van der Waals surface area contributed by atoms with Gasteiger partial charge in [0.2, 0.25) is 5.91 Å². The number of rotatable bonds is 13. The molecule has 0 saturated carbocycles. The number of carbonyl (C=O) groups excluding carboxylic acids is 2. The summed E-state index contributed by atoms with van der Waals surface area (Å²) < 4.78 is 0. The number of carbonyl (C=O) groups is 2. The molecule has 0 spiro atoms. The number of nitrogens with zero attached hydrogens (tertiary/aromatic N) is 4. The average Bonchev–Trinajstić information content (AvgIpc) is 3.40. The number of aliphatic hydroxyl groups excluding tert-OH is 1. The fourth-order valence-corrected chi connectivity index (χ4v) is 6.59. The van der Waals surface area contributed by atoms with Crippen molar-refractivity contribution in [3.8, 4) is 11.1 Å². The molecule has 9 nitrogen and oxygen atoms in total. The molecule has 258 valence electrons. The number of aryl methyl sites for hydroxylation is 2. The van der Waals surface area contributed by atoms with E-state index in [1.165, 1.54) is 0 Å².